The van der Waals surface area contributed by atoms with E-state index in [0.29, 0.717) is 18.2 Å². The Morgan fingerprint density at radius 2 is 2.42 bits per heavy atom. The number of esters is 1. The SMILES string of the molecule is CCOC(=O)c1csc(NC2CCCS(=O)(=O)C2)n1. The number of hydrogen-bond donors (Lipinski definition) is 1. The Kier molecular flexibility index (Phi) is 4.41. The second-order valence-corrected chi connectivity index (χ2v) is 7.44. The Morgan fingerprint density at radius 3 is 3.11 bits per heavy atom. The third kappa shape index (κ3) is 3.90. The topological polar surface area (TPSA) is 85.4 Å². The minimum Gasteiger partial charge on any atom is -0.461 e. The molecule has 1 fully saturated rings. The summed E-state index contributed by atoms with van der Waals surface area (Å²) in [4.78, 5) is 15.6. The maximum Gasteiger partial charge on any atom is 0.357 e. The highest BCUT2D eigenvalue weighted by molar-refractivity contribution is 7.91. The quantitative estimate of drug-likeness (QED) is 0.844. The van der Waals surface area contributed by atoms with Crippen LogP contribution in [0.3, 0.4) is 0 Å². The third-order valence-corrected chi connectivity index (χ3v) is 5.37. The van der Waals surface area contributed by atoms with Crippen molar-refractivity contribution in [1.29, 1.82) is 0 Å². The van der Waals surface area contributed by atoms with Gasteiger partial charge in [0.25, 0.3) is 0 Å². The fourth-order valence-electron chi connectivity index (χ4n) is 1.95. The monoisotopic (exact) mass is 304 g/mol. The van der Waals surface area contributed by atoms with Gasteiger partial charge in [-0.25, -0.2) is 18.2 Å². The van der Waals surface area contributed by atoms with E-state index >= 15 is 0 Å². The van der Waals surface area contributed by atoms with Gasteiger partial charge in [-0.05, 0) is 19.8 Å². The minimum absolute atomic E-state index is 0.125. The van der Waals surface area contributed by atoms with Gasteiger partial charge in [-0.15, -0.1) is 11.3 Å². The maximum absolute atomic E-state index is 11.5. The highest BCUT2D eigenvalue weighted by Gasteiger charge is 2.25. The van der Waals surface area contributed by atoms with E-state index in [4.69, 9.17) is 4.74 Å². The molecule has 8 heteroatoms. The Balaban J connectivity index is 1.98. The van der Waals surface area contributed by atoms with Gasteiger partial charge in [-0.1, -0.05) is 0 Å². The van der Waals surface area contributed by atoms with Gasteiger partial charge >= 0.3 is 5.97 Å². The van der Waals surface area contributed by atoms with E-state index in [2.05, 4.69) is 10.3 Å². The predicted octanol–water partition coefficient (Wildman–Crippen LogP) is 1.31. The Hall–Kier alpha value is -1.15. The van der Waals surface area contributed by atoms with Crippen LogP contribution >= 0.6 is 11.3 Å². The lowest BCUT2D eigenvalue weighted by atomic mass is 10.2. The average Bonchev–Trinajstić information content (AvgIpc) is 2.76. The molecule has 19 heavy (non-hydrogen) atoms. The molecule has 1 aromatic heterocycles. The summed E-state index contributed by atoms with van der Waals surface area (Å²) in [5.41, 5.74) is 0.257. The van der Waals surface area contributed by atoms with Gasteiger partial charge in [-0.3, -0.25) is 0 Å². The molecule has 1 aliphatic rings. The van der Waals surface area contributed by atoms with Crippen molar-refractivity contribution in [2.24, 2.45) is 0 Å². The normalized spacial score (nSPS) is 21.8. The number of hydrogen-bond acceptors (Lipinski definition) is 7. The van der Waals surface area contributed by atoms with Gasteiger partial charge in [0.1, 0.15) is 0 Å². The van der Waals surface area contributed by atoms with Crippen molar-refractivity contribution in [3.8, 4) is 0 Å². The van der Waals surface area contributed by atoms with Crippen LogP contribution in [0.2, 0.25) is 0 Å². The molecular formula is C11H16N2O4S2. The van der Waals surface area contributed by atoms with Crippen LogP contribution in [0, 0.1) is 0 Å². The van der Waals surface area contributed by atoms with Crippen LogP contribution in [0.25, 0.3) is 0 Å². The molecule has 1 aliphatic heterocycles. The van der Waals surface area contributed by atoms with Crippen LogP contribution < -0.4 is 5.32 Å². The molecule has 0 saturated carbocycles. The fraction of sp³-hybridized carbons (Fsp3) is 0.636. The predicted molar refractivity (Wildman–Crippen MR) is 73.4 cm³/mol. The van der Waals surface area contributed by atoms with E-state index in [1.807, 2.05) is 0 Å². The molecule has 1 aromatic rings. The highest BCUT2D eigenvalue weighted by Crippen LogP contribution is 2.21. The first-order chi connectivity index (χ1) is 9.00. The zero-order valence-electron chi connectivity index (χ0n) is 10.6. The van der Waals surface area contributed by atoms with E-state index < -0.39 is 15.8 Å². The van der Waals surface area contributed by atoms with E-state index in [0.717, 1.165) is 6.42 Å². The zero-order valence-corrected chi connectivity index (χ0v) is 12.2. The first-order valence-electron chi connectivity index (χ1n) is 6.10. The molecular weight excluding hydrogens is 288 g/mol. The zero-order chi connectivity index (χ0) is 13.9. The van der Waals surface area contributed by atoms with Gasteiger partial charge in [0.05, 0.1) is 18.1 Å². The summed E-state index contributed by atoms with van der Waals surface area (Å²) < 4.78 is 27.9. The van der Waals surface area contributed by atoms with Gasteiger partial charge in [0.2, 0.25) is 0 Å². The molecule has 0 amide bonds. The van der Waals surface area contributed by atoms with Crippen molar-refractivity contribution < 1.29 is 17.9 Å². The second kappa shape index (κ2) is 5.87. The maximum atomic E-state index is 11.5. The second-order valence-electron chi connectivity index (χ2n) is 4.36. The first kappa shape index (κ1) is 14.3. The van der Waals surface area contributed by atoms with Crippen molar-refractivity contribution in [2.75, 3.05) is 23.4 Å². The molecule has 0 bridgehead atoms. The molecule has 1 atom stereocenters. The van der Waals surface area contributed by atoms with Gasteiger partial charge in [-0.2, -0.15) is 0 Å². The summed E-state index contributed by atoms with van der Waals surface area (Å²) >= 11 is 1.28. The minimum atomic E-state index is -2.95. The molecule has 0 aromatic carbocycles. The molecule has 6 nitrogen and oxygen atoms in total. The molecule has 2 heterocycles. The van der Waals surface area contributed by atoms with E-state index in [1.165, 1.54) is 11.3 Å². The van der Waals surface area contributed by atoms with Gasteiger partial charge in [0.15, 0.2) is 20.7 Å². The Labute approximate surface area is 116 Å². The summed E-state index contributed by atoms with van der Waals surface area (Å²) in [5.74, 6) is -0.0681. The molecule has 106 valence electrons. The number of ether oxygens (including phenoxy) is 1. The van der Waals surface area contributed by atoms with Crippen LogP contribution in [0.5, 0.6) is 0 Å². The fourth-order valence-corrected chi connectivity index (χ4v) is 4.34. The van der Waals surface area contributed by atoms with Crippen LogP contribution in [0.4, 0.5) is 5.13 Å². The lowest BCUT2D eigenvalue weighted by Gasteiger charge is -2.22. The standard InChI is InChI=1S/C11H16N2O4S2/c1-2-17-10(14)9-6-18-11(13-9)12-8-4-3-5-19(15,16)7-8/h6,8H,2-5,7H2,1H3,(H,12,13). The van der Waals surface area contributed by atoms with Gasteiger partial charge < -0.3 is 10.1 Å². The summed E-state index contributed by atoms with van der Waals surface area (Å²) in [5, 5.41) is 5.24. The number of nitrogens with one attached hydrogen (secondary N) is 1. The third-order valence-electron chi connectivity index (χ3n) is 2.78. The molecule has 1 unspecified atom stereocenters. The number of anilines is 1. The summed E-state index contributed by atoms with van der Waals surface area (Å²) in [6, 6.07) is -0.125. The van der Waals surface area contributed by atoms with Crippen molar-refractivity contribution in [1.82, 2.24) is 4.98 Å². The van der Waals surface area contributed by atoms with Crippen LogP contribution in [0.15, 0.2) is 5.38 Å². The molecule has 0 spiro atoms. The first-order valence-corrected chi connectivity index (χ1v) is 8.80. The molecule has 2 rings (SSSR count). The molecule has 1 saturated heterocycles. The molecule has 0 radical (unpaired) electrons. The number of carbonyl (C=O) groups is 1. The number of thiazole rings is 1. The summed E-state index contributed by atoms with van der Waals surface area (Å²) in [7, 11) is -2.95. The van der Waals surface area contributed by atoms with Gasteiger partial charge in [0, 0.05) is 11.4 Å². The number of rotatable bonds is 4. The lowest BCUT2D eigenvalue weighted by molar-refractivity contribution is 0.0520. The van der Waals surface area contributed by atoms with E-state index in [-0.39, 0.29) is 23.2 Å². The van der Waals surface area contributed by atoms with Crippen molar-refractivity contribution in [2.45, 2.75) is 25.8 Å². The van der Waals surface area contributed by atoms with E-state index in [1.54, 1.807) is 12.3 Å². The summed E-state index contributed by atoms with van der Waals surface area (Å²) in [6.07, 6.45) is 1.46. The average molecular weight is 304 g/mol. The smallest absolute Gasteiger partial charge is 0.357 e. The molecule has 0 aliphatic carbocycles. The Morgan fingerprint density at radius 1 is 1.63 bits per heavy atom. The number of aromatic nitrogens is 1. The number of carbonyl (C=O) groups excluding carboxylic acids is 1. The van der Waals surface area contributed by atoms with Crippen LogP contribution in [-0.2, 0) is 14.6 Å². The van der Waals surface area contributed by atoms with Crippen molar-refractivity contribution in [3.05, 3.63) is 11.1 Å². The van der Waals surface area contributed by atoms with Crippen LogP contribution in [0.1, 0.15) is 30.3 Å². The van der Waals surface area contributed by atoms with Crippen molar-refractivity contribution in [3.63, 3.8) is 0 Å². The van der Waals surface area contributed by atoms with Crippen molar-refractivity contribution >= 4 is 32.3 Å². The van der Waals surface area contributed by atoms with Crippen LogP contribution in [-0.4, -0.2) is 43.5 Å². The Bertz CT molecular complexity index is 553. The summed E-state index contributed by atoms with van der Waals surface area (Å²) in [6.45, 7) is 2.04. The number of sulfone groups is 1. The number of nitrogens with zero attached hydrogens (tertiary/aromatic N) is 1. The largest absolute Gasteiger partial charge is 0.461 e. The highest BCUT2D eigenvalue weighted by atomic mass is 32.2. The van der Waals surface area contributed by atoms with E-state index in [9.17, 15) is 13.2 Å². The molecule has 1 N–H and O–H groups in total. The lowest BCUT2D eigenvalue weighted by Crippen LogP contribution is -2.34.